The first-order valence-electron chi connectivity index (χ1n) is 8.80. The summed E-state index contributed by atoms with van der Waals surface area (Å²) in [5, 5.41) is 3.67. The molecule has 1 aliphatic heterocycles. The van der Waals surface area contributed by atoms with Crippen molar-refractivity contribution in [3.63, 3.8) is 0 Å². The van der Waals surface area contributed by atoms with E-state index in [-0.39, 0.29) is 0 Å². The first-order chi connectivity index (χ1) is 9.32. The molecule has 0 unspecified atom stereocenters. The Morgan fingerprint density at radius 2 is 1.65 bits per heavy atom. The van der Waals surface area contributed by atoms with Gasteiger partial charge in [-0.05, 0) is 62.4 Å². The standard InChI is InChI=1S/C18H36N2/c1-14(2)19-17-11-16(12-17)10-15-6-8-20(9-7-15)13-18(3,4)5/h14-17,19H,6-13H2,1-5H3. The maximum absolute atomic E-state index is 3.67. The van der Waals surface area contributed by atoms with Crippen molar-refractivity contribution in [2.75, 3.05) is 19.6 Å². The van der Waals surface area contributed by atoms with Crippen LogP contribution in [0.1, 0.15) is 66.7 Å². The number of likely N-dealkylation sites (tertiary alicyclic amines) is 1. The Bertz CT molecular complexity index is 278. The molecule has 2 nitrogen and oxygen atoms in total. The van der Waals surface area contributed by atoms with E-state index >= 15 is 0 Å². The van der Waals surface area contributed by atoms with Gasteiger partial charge in [0.05, 0.1) is 0 Å². The van der Waals surface area contributed by atoms with E-state index in [2.05, 4.69) is 44.8 Å². The summed E-state index contributed by atoms with van der Waals surface area (Å²) < 4.78 is 0. The minimum atomic E-state index is 0.455. The second kappa shape index (κ2) is 6.79. The van der Waals surface area contributed by atoms with Crippen molar-refractivity contribution in [3.8, 4) is 0 Å². The highest BCUT2D eigenvalue weighted by Gasteiger charge is 2.32. The third kappa shape index (κ3) is 5.37. The highest BCUT2D eigenvalue weighted by atomic mass is 15.1. The molecule has 2 rings (SSSR count). The minimum absolute atomic E-state index is 0.455. The van der Waals surface area contributed by atoms with Gasteiger partial charge in [-0.25, -0.2) is 0 Å². The minimum Gasteiger partial charge on any atom is -0.312 e. The molecule has 0 aromatic rings. The zero-order valence-electron chi connectivity index (χ0n) is 14.4. The molecule has 118 valence electrons. The van der Waals surface area contributed by atoms with Crippen molar-refractivity contribution in [2.24, 2.45) is 17.3 Å². The van der Waals surface area contributed by atoms with Gasteiger partial charge in [-0.15, -0.1) is 0 Å². The van der Waals surface area contributed by atoms with E-state index in [1.165, 1.54) is 51.7 Å². The lowest BCUT2D eigenvalue weighted by molar-refractivity contribution is 0.106. The van der Waals surface area contributed by atoms with Gasteiger partial charge in [0.2, 0.25) is 0 Å². The van der Waals surface area contributed by atoms with Crippen molar-refractivity contribution in [3.05, 3.63) is 0 Å². The zero-order valence-corrected chi connectivity index (χ0v) is 14.4. The molecule has 1 saturated heterocycles. The lowest BCUT2D eigenvalue weighted by atomic mass is 9.73. The van der Waals surface area contributed by atoms with Gasteiger partial charge in [0.25, 0.3) is 0 Å². The normalized spacial score (nSPS) is 29.7. The predicted molar refractivity (Wildman–Crippen MR) is 88.0 cm³/mol. The van der Waals surface area contributed by atoms with E-state index in [0.717, 1.165) is 17.9 Å². The summed E-state index contributed by atoms with van der Waals surface area (Å²) in [5.74, 6) is 2.03. The van der Waals surface area contributed by atoms with Crippen LogP contribution in [0.15, 0.2) is 0 Å². The number of hydrogen-bond donors (Lipinski definition) is 1. The molecule has 1 saturated carbocycles. The smallest absolute Gasteiger partial charge is 0.00747 e. The monoisotopic (exact) mass is 280 g/mol. The van der Waals surface area contributed by atoms with Crippen LogP contribution in [-0.4, -0.2) is 36.6 Å². The maximum atomic E-state index is 3.67. The van der Waals surface area contributed by atoms with Crippen molar-refractivity contribution >= 4 is 0 Å². The Labute approximate surface area is 126 Å². The summed E-state index contributed by atoms with van der Waals surface area (Å²) in [6.45, 7) is 15.5. The third-order valence-electron chi connectivity index (χ3n) is 4.88. The quantitative estimate of drug-likeness (QED) is 0.821. The molecule has 0 spiro atoms. The fourth-order valence-corrected chi connectivity index (χ4v) is 4.06. The van der Waals surface area contributed by atoms with Crippen LogP contribution in [0.2, 0.25) is 0 Å². The first kappa shape index (κ1) is 16.3. The number of nitrogens with one attached hydrogen (secondary N) is 1. The molecule has 20 heavy (non-hydrogen) atoms. The highest BCUT2D eigenvalue weighted by Crippen LogP contribution is 2.36. The molecular weight excluding hydrogens is 244 g/mol. The van der Waals surface area contributed by atoms with Crippen molar-refractivity contribution in [1.82, 2.24) is 10.2 Å². The van der Waals surface area contributed by atoms with E-state index in [0.29, 0.717) is 11.5 Å². The fraction of sp³-hybridized carbons (Fsp3) is 1.00. The SMILES string of the molecule is CC(C)NC1CC(CC2CCN(CC(C)(C)C)CC2)C1. The molecule has 0 radical (unpaired) electrons. The van der Waals surface area contributed by atoms with Gasteiger partial charge in [-0.1, -0.05) is 34.6 Å². The Hall–Kier alpha value is -0.0800. The Morgan fingerprint density at radius 1 is 1.05 bits per heavy atom. The second-order valence-corrected chi connectivity index (χ2v) is 8.87. The van der Waals surface area contributed by atoms with Gasteiger partial charge >= 0.3 is 0 Å². The Morgan fingerprint density at radius 3 is 2.15 bits per heavy atom. The van der Waals surface area contributed by atoms with E-state index in [9.17, 15) is 0 Å². The summed E-state index contributed by atoms with van der Waals surface area (Å²) in [7, 11) is 0. The van der Waals surface area contributed by atoms with Gasteiger partial charge in [0.15, 0.2) is 0 Å². The van der Waals surface area contributed by atoms with Gasteiger partial charge in [0.1, 0.15) is 0 Å². The van der Waals surface area contributed by atoms with Crippen LogP contribution in [0.5, 0.6) is 0 Å². The van der Waals surface area contributed by atoms with Crippen LogP contribution in [-0.2, 0) is 0 Å². The van der Waals surface area contributed by atoms with Crippen molar-refractivity contribution in [2.45, 2.75) is 78.8 Å². The second-order valence-electron chi connectivity index (χ2n) is 8.87. The molecule has 0 bridgehead atoms. The number of rotatable bonds is 5. The molecule has 0 atom stereocenters. The van der Waals surface area contributed by atoms with Crippen LogP contribution in [0.3, 0.4) is 0 Å². The van der Waals surface area contributed by atoms with E-state index in [1.54, 1.807) is 0 Å². The van der Waals surface area contributed by atoms with Crippen LogP contribution in [0, 0.1) is 17.3 Å². The van der Waals surface area contributed by atoms with Gasteiger partial charge in [-0.3, -0.25) is 0 Å². The first-order valence-corrected chi connectivity index (χ1v) is 8.80. The lowest BCUT2D eigenvalue weighted by Gasteiger charge is -2.41. The topological polar surface area (TPSA) is 15.3 Å². The van der Waals surface area contributed by atoms with E-state index in [4.69, 9.17) is 0 Å². The van der Waals surface area contributed by atoms with E-state index < -0.39 is 0 Å². The zero-order chi connectivity index (χ0) is 14.8. The summed E-state index contributed by atoms with van der Waals surface area (Å²) in [5.41, 5.74) is 0.455. The lowest BCUT2D eigenvalue weighted by Crippen LogP contribution is -2.45. The fourth-order valence-electron chi connectivity index (χ4n) is 4.06. The maximum Gasteiger partial charge on any atom is 0.00747 e. The summed E-state index contributed by atoms with van der Waals surface area (Å²) in [4.78, 5) is 2.68. The Kier molecular flexibility index (Phi) is 5.53. The molecule has 0 aromatic heterocycles. The van der Waals surface area contributed by atoms with Crippen molar-refractivity contribution in [1.29, 1.82) is 0 Å². The number of nitrogens with zero attached hydrogens (tertiary/aromatic N) is 1. The van der Waals surface area contributed by atoms with Crippen LogP contribution in [0.25, 0.3) is 0 Å². The van der Waals surface area contributed by atoms with Gasteiger partial charge in [0, 0.05) is 18.6 Å². The molecule has 1 heterocycles. The largest absolute Gasteiger partial charge is 0.312 e. The van der Waals surface area contributed by atoms with E-state index in [1.807, 2.05) is 0 Å². The van der Waals surface area contributed by atoms with Gasteiger partial charge < -0.3 is 10.2 Å². The van der Waals surface area contributed by atoms with Crippen molar-refractivity contribution < 1.29 is 0 Å². The van der Waals surface area contributed by atoms with Gasteiger partial charge in [-0.2, -0.15) is 0 Å². The number of hydrogen-bond acceptors (Lipinski definition) is 2. The summed E-state index contributed by atoms with van der Waals surface area (Å²) in [6, 6.07) is 1.47. The molecule has 2 fully saturated rings. The molecule has 2 heteroatoms. The van der Waals surface area contributed by atoms with Crippen LogP contribution in [0.4, 0.5) is 0 Å². The summed E-state index contributed by atoms with van der Waals surface area (Å²) in [6.07, 6.45) is 7.24. The molecule has 0 amide bonds. The molecule has 2 aliphatic rings. The van der Waals surface area contributed by atoms with Crippen LogP contribution >= 0.6 is 0 Å². The molecule has 0 aromatic carbocycles. The number of piperidine rings is 1. The molecule has 1 N–H and O–H groups in total. The average Bonchev–Trinajstić information content (AvgIpc) is 2.26. The molecule has 1 aliphatic carbocycles. The highest BCUT2D eigenvalue weighted by molar-refractivity contribution is 4.88. The predicted octanol–water partition coefficient (Wildman–Crippen LogP) is 3.91. The summed E-state index contributed by atoms with van der Waals surface area (Å²) >= 11 is 0. The Balaban J connectivity index is 1.59. The molecular formula is C18H36N2. The third-order valence-corrected chi connectivity index (χ3v) is 4.88. The van der Waals surface area contributed by atoms with Crippen LogP contribution < -0.4 is 5.32 Å². The average molecular weight is 280 g/mol.